The number of aromatic amines is 1. The molecule has 0 saturated heterocycles. The molecule has 0 fully saturated rings. The van der Waals surface area contributed by atoms with Crippen LogP contribution in [0.15, 0.2) is 28.7 Å². The minimum Gasteiger partial charge on any atom is -0.277 e. The molecule has 2 rings (SSSR count). The van der Waals surface area contributed by atoms with Crippen molar-refractivity contribution in [1.82, 2.24) is 10.2 Å². The molecule has 0 radical (unpaired) electrons. The third-order valence-corrected chi connectivity index (χ3v) is 2.79. The number of alkyl halides is 1. The standard InChI is InChI=1S/C10H8Br2N2/c11-5-1-2-9-8-4-3-7(12)6-10(8)14-13-9/h1-4,6H,5H2,(H,13,14). The Labute approximate surface area is 98.7 Å². The number of halogens is 2. The van der Waals surface area contributed by atoms with Crippen molar-refractivity contribution in [2.24, 2.45) is 0 Å². The van der Waals surface area contributed by atoms with Crippen LogP contribution in [0.2, 0.25) is 0 Å². The fourth-order valence-electron chi connectivity index (χ4n) is 1.30. The van der Waals surface area contributed by atoms with Gasteiger partial charge in [0.1, 0.15) is 0 Å². The van der Waals surface area contributed by atoms with Gasteiger partial charge in [0.25, 0.3) is 0 Å². The second-order valence-corrected chi connectivity index (χ2v) is 4.42. The van der Waals surface area contributed by atoms with Crippen molar-refractivity contribution in [1.29, 1.82) is 0 Å². The van der Waals surface area contributed by atoms with Crippen LogP contribution in [-0.2, 0) is 0 Å². The van der Waals surface area contributed by atoms with Gasteiger partial charge < -0.3 is 0 Å². The van der Waals surface area contributed by atoms with E-state index in [-0.39, 0.29) is 0 Å². The van der Waals surface area contributed by atoms with Crippen LogP contribution in [0.4, 0.5) is 0 Å². The van der Waals surface area contributed by atoms with E-state index in [1.165, 1.54) is 0 Å². The number of H-pyrrole nitrogens is 1. The van der Waals surface area contributed by atoms with E-state index in [1.54, 1.807) is 0 Å². The second kappa shape index (κ2) is 4.28. The van der Waals surface area contributed by atoms with Gasteiger partial charge in [-0.25, -0.2) is 0 Å². The number of hydrogen-bond donors (Lipinski definition) is 1. The van der Waals surface area contributed by atoms with E-state index in [1.807, 2.05) is 24.3 Å². The zero-order valence-corrected chi connectivity index (χ0v) is 10.5. The molecule has 0 aliphatic heterocycles. The molecular weight excluding hydrogens is 308 g/mol. The quantitative estimate of drug-likeness (QED) is 0.840. The van der Waals surface area contributed by atoms with Crippen LogP contribution in [0, 0.1) is 0 Å². The Kier molecular flexibility index (Phi) is 3.03. The minimum absolute atomic E-state index is 0.845. The molecule has 0 atom stereocenters. The van der Waals surface area contributed by atoms with Crippen molar-refractivity contribution in [2.75, 3.05) is 5.33 Å². The second-order valence-electron chi connectivity index (χ2n) is 2.86. The number of nitrogens with one attached hydrogen (secondary N) is 1. The van der Waals surface area contributed by atoms with E-state index in [0.717, 1.165) is 26.4 Å². The fraction of sp³-hybridized carbons (Fsp3) is 0.100. The van der Waals surface area contributed by atoms with Crippen LogP contribution in [0.1, 0.15) is 5.69 Å². The van der Waals surface area contributed by atoms with Gasteiger partial charge in [-0.3, -0.25) is 5.10 Å². The summed E-state index contributed by atoms with van der Waals surface area (Å²) in [6, 6.07) is 6.09. The van der Waals surface area contributed by atoms with Crippen molar-refractivity contribution < 1.29 is 0 Å². The van der Waals surface area contributed by atoms with Crippen LogP contribution < -0.4 is 0 Å². The summed E-state index contributed by atoms with van der Waals surface area (Å²) in [6.45, 7) is 0. The molecule has 1 aromatic carbocycles. The molecule has 2 aromatic rings. The Balaban J connectivity index is 2.53. The molecule has 0 bridgehead atoms. The molecule has 0 aliphatic carbocycles. The van der Waals surface area contributed by atoms with Gasteiger partial charge in [-0.15, -0.1) is 0 Å². The number of benzene rings is 1. The lowest BCUT2D eigenvalue weighted by atomic mass is 10.2. The summed E-state index contributed by atoms with van der Waals surface area (Å²) in [5, 5.41) is 9.20. The molecule has 1 N–H and O–H groups in total. The molecule has 0 unspecified atom stereocenters. The van der Waals surface area contributed by atoms with E-state index in [2.05, 4.69) is 48.1 Å². The Morgan fingerprint density at radius 1 is 1.43 bits per heavy atom. The highest BCUT2D eigenvalue weighted by Gasteiger charge is 2.01. The first-order valence-corrected chi connectivity index (χ1v) is 6.09. The van der Waals surface area contributed by atoms with Crippen molar-refractivity contribution >= 4 is 48.8 Å². The third kappa shape index (κ3) is 1.91. The maximum Gasteiger partial charge on any atom is 0.0924 e. The highest BCUT2D eigenvalue weighted by molar-refractivity contribution is 9.10. The number of rotatable bonds is 2. The Bertz CT molecular complexity index is 474. The van der Waals surface area contributed by atoms with E-state index in [9.17, 15) is 0 Å². The topological polar surface area (TPSA) is 28.7 Å². The maximum atomic E-state index is 4.22. The van der Waals surface area contributed by atoms with E-state index in [0.29, 0.717) is 0 Å². The number of allylic oxidation sites excluding steroid dienone is 1. The Morgan fingerprint density at radius 2 is 2.29 bits per heavy atom. The molecule has 4 heteroatoms. The molecule has 1 aromatic heterocycles. The van der Waals surface area contributed by atoms with Gasteiger partial charge in [0.2, 0.25) is 0 Å². The highest BCUT2D eigenvalue weighted by Crippen LogP contribution is 2.21. The maximum absolute atomic E-state index is 4.22. The Morgan fingerprint density at radius 3 is 3.07 bits per heavy atom. The average molecular weight is 316 g/mol. The molecule has 72 valence electrons. The summed E-state index contributed by atoms with van der Waals surface area (Å²) < 4.78 is 1.06. The predicted octanol–water partition coefficient (Wildman–Crippen LogP) is 3.73. The molecule has 0 aliphatic rings. The summed E-state index contributed by atoms with van der Waals surface area (Å²) in [6.07, 6.45) is 4.03. The van der Waals surface area contributed by atoms with E-state index in [4.69, 9.17) is 0 Å². The summed E-state index contributed by atoms with van der Waals surface area (Å²) >= 11 is 6.76. The van der Waals surface area contributed by atoms with Crippen molar-refractivity contribution in [2.45, 2.75) is 0 Å². The molecule has 0 saturated carbocycles. The van der Waals surface area contributed by atoms with Crippen molar-refractivity contribution in [3.63, 3.8) is 0 Å². The summed E-state index contributed by atoms with van der Waals surface area (Å²) in [5.41, 5.74) is 2.03. The molecule has 1 heterocycles. The van der Waals surface area contributed by atoms with Gasteiger partial charge in [-0.05, 0) is 24.3 Å². The average Bonchev–Trinajstić information content (AvgIpc) is 2.57. The molecule has 2 nitrogen and oxygen atoms in total. The molecule has 0 amide bonds. The largest absolute Gasteiger partial charge is 0.277 e. The smallest absolute Gasteiger partial charge is 0.0924 e. The molecule has 0 spiro atoms. The molecule has 14 heavy (non-hydrogen) atoms. The first-order chi connectivity index (χ1) is 6.81. The van der Waals surface area contributed by atoms with Gasteiger partial charge in [-0.1, -0.05) is 37.9 Å². The van der Waals surface area contributed by atoms with Gasteiger partial charge >= 0.3 is 0 Å². The van der Waals surface area contributed by atoms with E-state index < -0.39 is 0 Å². The number of aromatic nitrogens is 2. The van der Waals surface area contributed by atoms with Gasteiger partial charge in [0.05, 0.1) is 11.2 Å². The monoisotopic (exact) mass is 314 g/mol. The fourth-order valence-corrected chi connectivity index (χ4v) is 1.84. The van der Waals surface area contributed by atoms with E-state index >= 15 is 0 Å². The first kappa shape index (κ1) is 9.93. The minimum atomic E-state index is 0.845. The van der Waals surface area contributed by atoms with Gasteiger partial charge in [-0.2, -0.15) is 5.10 Å². The van der Waals surface area contributed by atoms with Crippen molar-refractivity contribution in [3.8, 4) is 0 Å². The lowest BCUT2D eigenvalue weighted by Crippen LogP contribution is -1.72. The van der Waals surface area contributed by atoms with Crippen LogP contribution in [0.25, 0.3) is 17.0 Å². The normalized spacial score (nSPS) is 11.6. The number of nitrogens with zero attached hydrogens (tertiary/aromatic N) is 1. The number of fused-ring (bicyclic) bond motifs is 1. The lowest BCUT2D eigenvalue weighted by Gasteiger charge is -1.90. The summed E-state index contributed by atoms with van der Waals surface area (Å²) in [4.78, 5) is 0. The van der Waals surface area contributed by atoms with Crippen molar-refractivity contribution in [3.05, 3.63) is 34.4 Å². The summed E-state index contributed by atoms with van der Waals surface area (Å²) in [7, 11) is 0. The van der Waals surface area contributed by atoms with Crippen LogP contribution in [0.3, 0.4) is 0 Å². The zero-order chi connectivity index (χ0) is 9.97. The van der Waals surface area contributed by atoms with Gasteiger partial charge in [0, 0.05) is 15.2 Å². The van der Waals surface area contributed by atoms with Crippen LogP contribution in [-0.4, -0.2) is 15.5 Å². The SMILES string of the molecule is BrCC=Cc1n[nH]c2cc(Br)ccc12. The third-order valence-electron chi connectivity index (χ3n) is 1.92. The van der Waals surface area contributed by atoms with Crippen LogP contribution >= 0.6 is 31.9 Å². The predicted molar refractivity (Wildman–Crippen MR) is 66.6 cm³/mol. The Hall–Kier alpha value is -0.610. The highest BCUT2D eigenvalue weighted by atomic mass is 79.9. The lowest BCUT2D eigenvalue weighted by molar-refractivity contribution is 1.11. The first-order valence-electron chi connectivity index (χ1n) is 4.17. The van der Waals surface area contributed by atoms with Crippen LogP contribution in [0.5, 0.6) is 0 Å². The molecular formula is C10H8Br2N2. The number of hydrogen-bond acceptors (Lipinski definition) is 1. The zero-order valence-electron chi connectivity index (χ0n) is 7.30. The van der Waals surface area contributed by atoms with Gasteiger partial charge in [0.15, 0.2) is 0 Å². The summed E-state index contributed by atoms with van der Waals surface area (Å²) in [5.74, 6) is 0.